The number of nitrogens with zero attached hydrogens (tertiary/aromatic N) is 2. The molecule has 3 saturated carbocycles. The molecule has 7 amide bonds. The average Bonchev–Trinajstić information content (AvgIpc) is 1.72. The summed E-state index contributed by atoms with van der Waals surface area (Å²) in [6, 6.07) is 9.77. The van der Waals surface area contributed by atoms with E-state index in [-0.39, 0.29) is 90.6 Å². The molecule has 1 saturated heterocycles. The molecular weight excluding hydrogens is 1130 g/mol. The summed E-state index contributed by atoms with van der Waals surface area (Å²) in [4.78, 5) is 149. The number of ether oxygens (including phenoxy) is 1. The fourth-order valence-corrected chi connectivity index (χ4v) is 15.3. The molecule has 2 aromatic carbocycles. The Hall–Kier alpha value is -6.74. The van der Waals surface area contributed by atoms with Crippen LogP contribution in [0.5, 0.6) is 5.75 Å². The lowest BCUT2D eigenvalue weighted by Crippen LogP contribution is -2.62. The topological polar surface area (TPSA) is 306 Å². The van der Waals surface area contributed by atoms with Crippen molar-refractivity contribution in [3.63, 3.8) is 0 Å². The molecule has 0 bridgehead atoms. The number of phenols is 1. The van der Waals surface area contributed by atoms with Crippen LogP contribution in [0.1, 0.15) is 163 Å². The lowest BCUT2D eigenvalue weighted by Gasteiger charge is -2.60. The van der Waals surface area contributed by atoms with Crippen molar-refractivity contribution in [3.05, 3.63) is 71.8 Å². The van der Waals surface area contributed by atoms with E-state index in [9.17, 15) is 63.0 Å². The number of hydrogen-bond acceptors (Lipinski definition) is 15. The highest BCUT2D eigenvalue weighted by Gasteiger charge is 2.62. The van der Waals surface area contributed by atoms with E-state index in [2.05, 4.69) is 50.6 Å². The largest absolute Gasteiger partial charge is 0.508 e. The Balaban J connectivity index is 0.894. The minimum absolute atomic E-state index is 0.00479. The third-order valence-electron chi connectivity index (χ3n) is 19.3. The van der Waals surface area contributed by atoms with Crippen LogP contribution in [0, 0.1) is 57.7 Å². The smallest absolute Gasteiger partial charge is 0.417 e. The Bertz CT molecular complexity index is 2940. The van der Waals surface area contributed by atoms with Crippen LogP contribution in [-0.2, 0) is 65.7 Å². The van der Waals surface area contributed by atoms with Crippen LogP contribution in [-0.4, -0.2) is 121 Å². The van der Waals surface area contributed by atoms with Gasteiger partial charge in [0.15, 0.2) is 11.6 Å². The maximum Gasteiger partial charge on any atom is 0.417 e. The number of amides is 7. The summed E-state index contributed by atoms with van der Waals surface area (Å²) in [6.45, 7) is 15.7. The first-order valence-corrected chi connectivity index (χ1v) is 32.0. The van der Waals surface area contributed by atoms with Crippen LogP contribution in [0.25, 0.3) is 0 Å². The second kappa shape index (κ2) is 29.1. The van der Waals surface area contributed by atoms with Gasteiger partial charge in [-0.2, -0.15) is 0 Å². The standard InChI is InChI=1S/C66H90N6O14S/c1-38(2)46(33-52(75)50(30-40-15-19-44(73)20-16-40)70-56(77)12-10-9-11-29-71-58(79)34-54(62(71)84)87-37-67)61(83)68-39(3)51(74)31-42(32-59(80)81)60(82)69-43-17-13-41(14-18-43)36-86-63(85)72-55-24-21-45-47-22-23-49(53(76)35-64(4,5)6)65(47,7)27-25-48(45)66(55,8)28-26-57(72)78/h13-20,26,28,38-39,42,45-50,54-55,73H,9-12,21-25,27,29-37,67H2,1-8H3,(H,68,83)(H,69,82)(H,70,77)(H,80,81)/t39-,42-,45-,46-,47-,48-,49+,50-,54?,55+,65-,66+/m0/s1. The SMILES string of the molecule is CC(C)[C@H](CC(=O)[C@H](Cc1ccc(O)cc1)NC(=O)CCCCCN1C(=O)CC(SCN)C1=O)C(=O)N[C@@H](C)C(=O)C[C@@H](CC(=O)O)C(=O)Nc1ccc(COC(=O)N2C(=O)C=C[C@]3(C)[C@H]4CC[C@]5(C)[C@@H](C(=O)CC(C)(C)C)CC[C@H]5[C@@H]4CC[C@@H]23)cc1. The molecule has 7 rings (SSSR count). The van der Waals surface area contributed by atoms with Gasteiger partial charge in [0.05, 0.1) is 35.7 Å². The summed E-state index contributed by atoms with van der Waals surface area (Å²) in [5.74, 6) is -6.30. The van der Waals surface area contributed by atoms with Gasteiger partial charge in [-0.3, -0.25) is 52.8 Å². The van der Waals surface area contributed by atoms with Crippen LogP contribution in [0.4, 0.5) is 10.5 Å². The minimum atomic E-state index is -1.35. The molecule has 1 unspecified atom stereocenters. The van der Waals surface area contributed by atoms with Gasteiger partial charge >= 0.3 is 12.1 Å². The Morgan fingerprint density at radius 3 is 2.15 bits per heavy atom. The first kappa shape index (κ1) is 67.8. The molecule has 21 heteroatoms. The third-order valence-corrected chi connectivity index (χ3v) is 20.2. The zero-order valence-electron chi connectivity index (χ0n) is 51.7. The number of aliphatic carboxylic acids is 1. The summed E-state index contributed by atoms with van der Waals surface area (Å²) in [6.07, 6.45) is 8.56. The highest BCUT2D eigenvalue weighted by molar-refractivity contribution is 8.00. The van der Waals surface area contributed by atoms with E-state index in [0.717, 1.165) is 32.1 Å². The van der Waals surface area contributed by atoms with Crippen molar-refractivity contribution >= 4 is 82.3 Å². The molecule has 474 valence electrons. The van der Waals surface area contributed by atoms with E-state index in [1.54, 1.807) is 38.1 Å². The van der Waals surface area contributed by atoms with Crippen molar-refractivity contribution in [1.82, 2.24) is 20.4 Å². The molecule has 4 fully saturated rings. The maximum atomic E-state index is 14.1. The summed E-state index contributed by atoms with van der Waals surface area (Å²) in [5, 5.41) is 27.3. The number of Topliss-reactive ketones (excluding diaryl/α,β-unsaturated/α-hetero) is 3. The summed E-state index contributed by atoms with van der Waals surface area (Å²) in [5.41, 5.74) is 6.40. The van der Waals surface area contributed by atoms with E-state index in [0.29, 0.717) is 60.9 Å². The molecular formula is C66H90N6O14S. The van der Waals surface area contributed by atoms with E-state index in [1.165, 1.54) is 58.8 Å². The number of unbranched alkanes of at least 4 members (excludes halogenated alkanes) is 2. The molecule has 3 aliphatic carbocycles. The average molecular weight is 1220 g/mol. The number of nitrogens with one attached hydrogen (secondary N) is 3. The Kier molecular flexibility index (Phi) is 22.6. The number of rotatable bonds is 28. The molecule has 0 aromatic heterocycles. The Morgan fingerprint density at radius 1 is 0.805 bits per heavy atom. The van der Waals surface area contributed by atoms with Gasteiger partial charge in [-0.05, 0) is 135 Å². The van der Waals surface area contributed by atoms with Gasteiger partial charge in [0.2, 0.25) is 29.5 Å². The number of carboxylic acid groups (broad SMARTS) is 1. The number of carboxylic acids is 1. The van der Waals surface area contributed by atoms with Crippen molar-refractivity contribution in [3.8, 4) is 5.75 Å². The highest BCUT2D eigenvalue weighted by atomic mass is 32.2. The predicted molar refractivity (Wildman–Crippen MR) is 327 cm³/mol. The minimum Gasteiger partial charge on any atom is -0.508 e. The zero-order valence-corrected chi connectivity index (χ0v) is 52.5. The third kappa shape index (κ3) is 16.7. The number of carbonyl (C=O) groups excluding carboxylic acids is 10. The molecule has 5 aliphatic rings. The lowest BCUT2D eigenvalue weighted by atomic mass is 9.47. The van der Waals surface area contributed by atoms with Crippen molar-refractivity contribution in [2.24, 2.45) is 63.4 Å². The molecule has 0 radical (unpaired) electrons. The van der Waals surface area contributed by atoms with Crippen molar-refractivity contribution in [2.75, 3.05) is 17.7 Å². The number of anilines is 1. The van der Waals surface area contributed by atoms with Gasteiger partial charge in [-0.1, -0.05) is 85.2 Å². The molecule has 20 nitrogen and oxygen atoms in total. The summed E-state index contributed by atoms with van der Waals surface area (Å²) in [7, 11) is 0. The van der Waals surface area contributed by atoms with E-state index < -0.39 is 107 Å². The van der Waals surface area contributed by atoms with Gasteiger partial charge in [0, 0.05) is 73.5 Å². The number of nitrogens with two attached hydrogens (primary N) is 1. The quantitative estimate of drug-likeness (QED) is 0.0264. The fraction of sp³-hybridized carbons (Fsp3) is 0.621. The second-order valence-electron chi connectivity index (χ2n) is 26.9. The Morgan fingerprint density at radius 2 is 1.49 bits per heavy atom. The van der Waals surface area contributed by atoms with Gasteiger partial charge in [-0.15, -0.1) is 11.8 Å². The lowest BCUT2D eigenvalue weighted by molar-refractivity contribution is -0.142. The molecule has 0 spiro atoms. The first-order chi connectivity index (χ1) is 41.0. The monoisotopic (exact) mass is 1220 g/mol. The normalized spacial score (nSPS) is 25.6. The molecule has 2 heterocycles. The number of hydrogen-bond donors (Lipinski definition) is 6. The summed E-state index contributed by atoms with van der Waals surface area (Å²) >= 11 is 1.22. The number of aromatic hydroxyl groups is 1. The first-order valence-electron chi connectivity index (χ1n) is 31.0. The van der Waals surface area contributed by atoms with Crippen LogP contribution in [0.2, 0.25) is 0 Å². The number of fused-ring (bicyclic) bond motifs is 5. The van der Waals surface area contributed by atoms with Gasteiger partial charge in [0.1, 0.15) is 18.1 Å². The van der Waals surface area contributed by atoms with Crippen LogP contribution in [0.3, 0.4) is 0 Å². The molecule has 87 heavy (non-hydrogen) atoms. The number of likely N-dealkylation sites (tertiary alicyclic amines) is 1. The van der Waals surface area contributed by atoms with Gasteiger partial charge in [-0.25, -0.2) is 9.69 Å². The maximum absolute atomic E-state index is 14.1. The molecule has 2 aliphatic heterocycles. The number of benzene rings is 2. The van der Waals surface area contributed by atoms with Crippen LogP contribution < -0.4 is 21.7 Å². The number of carbonyl (C=O) groups is 11. The van der Waals surface area contributed by atoms with Crippen molar-refractivity contribution in [1.29, 1.82) is 0 Å². The van der Waals surface area contributed by atoms with E-state index in [1.807, 2.05) is 6.08 Å². The fourth-order valence-electron chi connectivity index (χ4n) is 14.6. The predicted octanol–water partition coefficient (Wildman–Crippen LogP) is 8.45. The number of ketones is 3. The second-order valence-corrected chi connectivity index (χ2v) is 28.2. The summed E-state index contributed by atoms with van der Waals surface area (Å²) < 4.78 is 5.78. The van der Waals surface area contributed by atoms with Crippen LogP contribution >= 0.6 is 11.8 Å². The molecule has 2 aromatic rings. The van der Waals surface area contributed by atoms with E-state index >= 15 is 0 Å². The Labute approximate surface area is 515 Å². The van der Waals surface area contributed by atoms with Crippen molar-refractivity contribution < 1.29 is 67.7 Å². The van der Waals surface area contributed by atoms with Crippen LogP contribution in [0.15, 0.2) is 60.7 Å². The number of phenolic OH excluding ortho intramolecular Hbond substituents is 1. The van der Waals surface area contributed by atoms with Crippen molar-refractivity contribution in [2.45, 2.75) is 188 Å². The van der Waals surface area contributed by atoms with E-state index in [4.69, 9.17) is 10.5 Å². The van der Waals surface area contributed by atoms with Gasteiger partial charge < -0.3 is 36.6 Å². The molecule has 12 atom stereocenters. The highest BCUT2D eigenvalue weighted by Crippen LogP contribution is 2.66. The number of thioether (sulfide) groups is 1. The number of imide groups is 2. The zero-order chi connectivity index (χ0) is 63.7. The molecule has 7 N–H and O–H groups in total. The van der Waals surface area contributed by atoms with Gasteiger partial charge in [0.25, 0.3) is 5.91 Å².